The number of hydrogen-bond acceptors (Lipinski definition) is 5. The molecule has 24 heavy (non-hydrogen) atoms. The fraction of sp³-hybridized carbons (Fsp3) is 0.556. The minimum absolute atomic E-state index is 0.0820. The molecule has 1 aliphatic heterocycles. The normalized spacial score (nSPS) is 17.6. The zero-order valence-corrected chi connectivity index (χ0v) is 16.1. The number of thiophene rings is 1. The Morgan fingerprint density at radius 2 is 2.33 bits per heavy atom. The summed E-state index contributed by atoms with van der Waals surface area (Å²) in [5.74, 6) is 0.428. The predicted octanol–water partition coefficient (Wildman–Crippen LogP) is 4.46. The van der Waals surface area contributed by atoms with Crippen LogP contribution in [0.2, 0.25) is 0 Å². The van der Waals surface area contributed by atoms with Crippen LogP contribution in [0.25, 0.3) is 0 Å². The predicted molar refractivity (Wildman–Crippen MR) is 99.0 cm³/mol. The van der Waals surface area contributed by atoms with Gasteiger partial charge >= 0.3 is 0 Å². The highest BCUT2D eigenvalue weighted by Crippen LogP contribution is 2.27. The van der Waals surface area contributed by atoms with E-state index in [-0.39, 0.29) is 12.0 Å². The summed E-state index contributed by atoms with van der Waals surface area (Å²) in [5.41, 5.74) is 2.02. The van der Waals surface area contributed by atoms with Crippen molar-refractivity contribution in [2.45, 2.75) is 52.2 Å². The van der Waals surface area contributed by atoms with E-state index >= 15 is 0 Å². The molecule has 1 aliphatic rings. The van der Waals surface area contributed by atoms with Gasteiger partial charge in [0.15, 0.2) is 0 Å². The highest BCUT2D eigenvalue weighted by atomic mass is 32.1. The molecule has 1 atom stereocenters. The number of carbonyl (C=O) groups is 1. The lowest BCUT2D eigenvalue weighted by molar-refractivity contribution is 0.0510. The van der Waals surface area contributed by atoms with Crippen LogP contribution in [0.5, 0.6) is 0 Å². The van der Waals surface area contributed by atoms with E-state index in [4.69, 9.17) is 4.74 Å². The van der Waals surface area contributed by atoms with Gasteiger partial charge in [-0.25, -0.2) is 4.98 Å². The van der Waals surface area contributed by atoms with Gasteiger partial charge in [0.2, 0.25) is 0 Å². The topological polar surface area (TPSA) is 42.4 Å². The molecule has 0 bridgehead atoms. The maximum absolute atomic E-state index is 13.2. The molecule has 0 unspecified atom stereocenters. The average molecular weight is 365 g/mol. The highest BCUT2D eigenvalue weighted by Gasteiger charge is 2.26. The standard InChI is InChI=1S/C18H24N2O2S2/c1-12(2)17-19-13(3)16(24-17)18(21)20(9-14-6-8-23-11-14)10-15-5-4-7-22-15/h6,8,11-12,15H,4-5,7,9-10H2,1-3H3/t15-/m1/s1. The molecule has 0 aromatic carbocycles. The van der Waals surface area contributed by atoms with Crippen LogP contribution >= 0.6 is 22.7 Å². The summed E-state index contributed by atoms with van der Waals surface area (Å²) >= 11 is 3.20. The largest absolute Gasteiger partial charge is 0.376 e. The van der Waals surface area contributed by atoms with Gasteiger partial charge in [-0.05, 0) is 42.2 Å². The monoisotopic (exact) mass is 364 g/mol. The number of thiazole rings is 1. The lowest BCUT2D eigenvalue weighted by Gasteiger charge is -2.25. The van der Waals surface area contributed by atoms with Gasteiger partial charge in [-0.2, -0.15) is 11.3 Å². The van der Waals surface area contributed by atoms with Crippen molar-refractivity contribution in [3.8, 4) is 0 Å². The van der Waals surface area contributed by atoms with Crippen molar-refractivity contribution in [2.75, 3.05) is 13.2 Å². The third kappa shape index (κ3) is 4.05. The van der Waals surface area contributed by atoms with E-state index in [0.717, 1.165) is 35.0 Å². The van der Waals surface area contributed by atoms with Crippen LogP contribution in [0.15, 0.2) is 16.8 Å². The van der Waals surface area contributed by atoms with Crippen molar-refractivity contribution < 1.29 is 9.53 Å². The first kappa shape index (κ1) is 17.6. The van der Waals surface area contributed by atoms with E-state index in [9.17, 15) is 4.79 Å². The van der Waals surface area contributed by atoms with Crippen LogP contribution in [0.4, 0.5) is 0 Å². The van der Waals surface area contributed by atoms with E-state index in [1.807, 2.05) is 11.8 Å². The minimum Gasteiger partial charge on any atom is -0.376 e. The summed E-state index contributed by atoms with van der Waals surface area (Å²) in [6.07, 6.45) is 2.28. The van der Waals surface area contributed by atoms with E-state index in [0.29, 0.717) is 19.0 Å². The molecule has 0 saturated carbocycles. The van der Waals surface area contributed by atoms with Gasteiger partial charge in [0, 0.05) is 25.6 Å². The zero-order chi connectivity index (χ0) is 17.1. The van der Waals surface area contributed by atoms with Gasteiger partial charge in [0.25, 0.3) is 5.91 Å². The van der Waals surface area contributed by atoms with Crippen molar-refractivity contribution in [3.05, 3.63) is 38.0 Å². The first-order chi connectivity index (χ1) is 11.5. The summed E-state index contributed by atoms with van der Waals surface area (Å²) in [6, 6.07) is 2.08. The first-order valence-electron chi connectivity index (χ1n) is 8.44. The van der Waals surface area contributed by atoms with Gasteiger partial charge in [-0.15, -0.1) is 11.3 Å². The third-order valence-corrected chi connectivity index (χ3v) is 6.37. The summed E-state index contributed by atoms with van der Waals surface area (Å²) in [4.78, 5) is 20.4. The van der Waals surface area contributed by atoms with E-state index in [1.165, 1.54) is 16.9 Å². The van der Waals surface area contributed by atoms with Crippen molar-refractivity contribution in [1.29, 1.82) is 0 Å². The number of aryl methyl sites for hydroxylation is 1. The summed E-state index contributed by atoms with van der Waals surface area (Å²) in [5, 5.41) is 5.19. The quantitative estimate of drug-likeness (QED) is 0.760. The molecular formula is C18H24N2O2S2. The molecule has 2 aromatic heterocycles. The van der Waals surface area contributed by atoms with Crippen LogP contribution in [0.1, 0.15) is 58.5 Å². The molecule has 0 spiro atoms. The van der Waals surface area contributed by atoms with Crippen LogP contribution in [0.3, 0.4) is 0 Å². The Balaban J connectivity index is 1.81. The Morgan fingerprint density at radius 1 is 1.50 bits per heavy atom. The van der Waals surface area contributed by atoms with Crippen molar-refractivity contribution in [3.63, 3.8) is 0 Å². The number of carbonyl (C=O) groups excluding carboxylic acids is 1. The number of rotatable bonds is 6. The molecule has 3 heterocycles. The van der Waals surface area contributed by atoms with Crippen LogP contribution in [-0.4, -0.2) is 35.0 Å². The Bertz CT molecular complexity index is 673. The Labute approximate surface area is 151 Å². The number of amides is 1. The fourth-order valence-electron chi connectivity index (χ4n) is 2.86. The Morgan fingerprint density at radius 3 is 2.92 bits per heavy atom. The van der Waals surface area contributed by atoms with E-state index in [1.54, 1.807) is 11.3 Å². The van der Waals surface area contributed by atoms with Crippen molar-refractivity contribution in [1.82, 2.24) is 9.88 Å². The molecule has 2 aromatic rings. The minimum atomic E-state index is 0.0820. The van der Waals surface area contributed by atoms with Gasteiger partial charge in [-0.3, -0.25) is 4.79 Å². The molecule has 4 nitrogen and oxygen atoms in total. The molecule has 3 rings (SSSR count). The smallest absolute Gasteiger partial charge is 0.266 e. The van der Waals surface area contributed by atoms with E-state index < -0.39 is 0 Å². The van der Waals surface area contributed by atoms with Crippen LogP contribution in [-0.2, 0) is 11.3 Å². The summed E-state index contributed by atoms with van der Waals surface area (Å²) < 4.78 is 5.76. The third-order valence-electron chi connectivity index (χ3n) is 4.19. The van der Waals surface area contributed by atoms with Gasteiger partial charge in [0.05, 0.1) is 16.8 Å². The summed E-state index contributed by atoms with van der Waals surface area (Å²) in [6.45, 7) is 8.26. The lowest BCUT2D eigenvalue weighted by atomic mass is 10.2. The Hall–Kier alpha value is -1.24. The second kappa shape index (κ2) is 7.76. The van der Waals surface area contributed by atoms with Gasteiger partial charge in [-0.1, -0.05) is 13.8 Å². The first-order valence-corrected chi connectivity index (χ1v) is 10.2. The van der Waals surface area contributed by atoms with Gasteiger partial charge in [0.1, 0.15) is 4.88 Å². The lowest BCUT2D eigenvalue weighted by Crippen LogP contribution is -2.36. The second-order valence-electron chi connectivity index (χ2n) is 6.57. The Kier molecular flexibility index (Phi) is 5.69. The maximum Gasteiger partial charge on any atom is 0.266 e. The molecule has 0 aliphatic carbocycles. The molecule has 0 N–H and O–H groups in total. The van der Waals surface area contributed by atoms with Crippen molar-refractivity contribution >= 4 is 28.6 Å². The molecule has 1 fully saturated rings. The van der Waals surface area contributed by atoms with Crippen molar-refractivity contribution in [2.24, 2.45) is 0 Å². The highest BCUT2D eigenvalue weighted by molar-refractivity contribution is 7.13. The van der Waals surface area contributed by atoms with Gasteiger partial charge < -0.3 is 9.64 Å². The molecule has 0 radical (unpaired) electrons. The van der Waals surface area contributed by atoms with Crippen LogP contribution in [0, 0.1) is 6.92 Å². The summed E-state index contributed by atoms with van der Waals surface area (Å²) in [7, 11) is 0. The molecule has 1 amide bonds. The van der Waals surface area contributed by atoms with E-state index in [2.05, 4.69) is 35.7 Å². The average Bonchev–Trinajstić information content (AvgIpc) is 3.27. The number of nitrogens with zero attached hydrogens (tertiary/aromatic N) is 2. The second-order valence-corrected chi connectivity index (χ2v) is 8.38. The van der Waals surface area contributed by atoms with Crippen LogP contribution < -0.4 is 0 Å². The maximum atomic E-state index is 13.2. The fourth-order valence-corrected chi connectivity index (χ4v) is 4.56. The SMILES string of the molecule is Cc1nc(C(C)C)sc1C(=O)N(Cc1ccsc1)C[C@H]1CCCO1. The number of hydrogen-bond donors (Lipinski definition) is 0. The number of aromatic nitrogens is 1. The molecular weight excluding hydrogens is 340 g/mol. The molecule has 1 saturated heterocycles. The number of ether oxygens (including phenoxy) is 1. The zero-order valence-electron chi connectivity index (χ0n) is 14.4. The molecule has 130 valence electrons. The molecule has 6 heteroatoms.